The van der Waals surface area contributed by atoms with Gasteiger partial charge in [-0.15, -0.1) is 71.3 Å². The van der Waals surface area contributed by atoms with Crippen LogP contribution in [0.25, 0.3) is 33.6 Å². The summed E-state index contributed by atoms with van der Waals surface area (Å²) in [6, 6.07) is 40.7. The number of hydrogen-bond donors (Lipinski definition) is 0. The van der Waals surface area contributed by atoms with Gasteiger partial charge in [-0.2, -0.15) is 0 Å². The summed E-state index contributed by atoms with van der Waals surface area (Å²) in [5.41, 5.74) is 7.64. The Morgan fingerprint density at radius 2 is 1.31 bits per heavy atom. The van der Waals surface area contributed by atoms with E-state index in [2.05, 4.69) is 59.4 Å². The molecule has 0 aliphatic heterocycles. The van der Waals surface area contributed by atoms with Gasteiger partial charge in [0.15, 0.2) is 0 Å². The predicted octanol–water partition coefficient (Wildman–Crippen LogP) is 7.07. The van der Waals surface area contributed by atoms with Gasteiger partial charge in [0.1, 0.15) is 0 Å². The Labute approximate surface area is 203 Å². The molecule has 0 spiro atoms. The van der Waals surface area contributed by atoms with Crippen molar-refractivity contribution in [2.45, 2.75) is 6.92 Å². The molecule has 5 rings (SSSR count). The molecule has 0 saturated heterocycles. The number of aromatic nitrogens is 2. The molecule has 0 saturated carbocycles. The third kappa shape index (κ3) is 6.31. The molecule has 0 fully saturated rings. The SMILES string of the molecule is Cc1ccnc(-c2[c-]cccc2)c1.[Ir].[c-]1ccc(-c2ccccc2)cc1-c1ccccn1. The van der Waals surface area contributed by atoms with Crippen LogP contribution in [0.3, 0.4) is 0 Å². The van der Waals surface area contributed by atoms with Crippen LogP contribution in [0, 0.1) is 19.1 Å². The van der Waals surface area contributed by atoms with E-state index >= 15 is 0 Å². The number of hydrogen-bond acceptors (Lipinski definition) is 2. The minimum Gasteiger partial charge on any atom is -0.305 e. The van der Waals surface area contributed by atoms with E-state index in [-0.39, 0.29) is 20.1 Å². The van der Waals surface area contributed by atoms with E-state index in [4.69, 9.17) is 0 Å². The first-order valence-corrected chi connectivity index (χ1v) is 10.2. The molecule has 159 valence electrons. The summed E-state index contributed by atoms with van der Waals surface area (Å²) in [5, 5.41) is 0. The first-order chi connectivity index (χ1) is 15.3. The summed E-state index contributed by atoms with van der Waals surface area (Å²) in [5.74, 6) is 0. The van der Waals surface area contributed by atoms with Gasteiger partial charge in [0.2, 0.25) is 0 Å². The minimum absolute atomic E-state index is 0. The largest absolute Gasteiger partial charge is 0.305 e. The van der Waals surface area contributed by atoms with Crippen LogP contribution in [0.5, 0.6) is 0 Å². The average Bonchev–Trinajstić information content (AvgIpc) is 2.86. The number of nitrogens with zero attached hydrogens (tertiary/aromatic N) is 2. The second kappa shape index (κ2) is 11.9. The quantitative estimate of drug-likeness (QED) is 0.210. The maximum Gasteiger partial charge on any atom is 0.0163 e. The van der Waals surface area contributed by atoms with Crippen LogP contribution in [0.2, 0.25) is 0 Å². The minimum atomic E-state index is 0. The van der Waals surface area contributed by atoms with Crippen LogP contribution >= 0.6 is 0 Å². The molecule has 3 heteroatoms. The van der Waals surface area contributed by atoms with E-state index in [0.29, 0.717) is 0 Å². The van der Waals surface area contributed by atoms with Crippen molar-refractivity contribution < 1.29 is 20.1 Å². The Bertz CT molecular complexity index is 1170. The van der Waals surface area contributed by atoms with Crippen molar-refractivity contribution in [3.63, 3.8) is 0 Å². The summed E-state index contributed by atoms with van der Waals surface area (Å²) in [4.78, 5) is 8.63. The van der Waals surface area contributed by atoms with Crippen molar-refractivity contribution in [1.82, 2.24) is 9.97 Å². The Morgan fingerprint density at radius 3 is 2.03 bits per heavy atom. The van der Waals surface area contributed by atoms with Crippen LogP contribution in [0.4, 0.5) is 0 Å². The van der Waals surface area contributed by atoms with Gasteiger partial charge in [-0.05, 0) is 36.0 Å². The fourth-order valence-corrected chi connectivity index (χ4v) is 3.18. The standard InChI is InChI=1S/C17H12N.C12H10N.Ir/c1-2-7-14(8-3-1)15-9-6-10-16(13-15)17-11-4-5-12-18-17;1-10-7-8-13-12(9-10)11-5-3-2-4-6-11;/h1-9,11-13H;2-5,7-9H,1H3;/q2*-1;. The topological polar surface area (TPSA) is 25.8 Å². The van der Waals surface area contributed by atoms with E-state index in [0.717, 1.165) is 22.5 Å². The number of aryl methyl sites for hydroxylation is 1. The van der Waals surface area contributed by atoms with Gasteiger partial charge in [-0.3, -0.25) is 0 Å². The zero-order valence-electron chi connectivity index (χ0n) is 17.7. The summed E-state index contributed by atoms with van der Waals surface area (Å²) in [6.45, 7) is 2.06. The van der Waals surface area contributed by atoms with Gasteiger partial charge in [0.05, 0.1) is 0 Å². The van der Waals surface area contributed by atoms with Crippen LogP contribution in [0.15, 0.2) is 116 Å². The van der Waals surface area contributed by atoms with Crippen molar-refractivity contribution in [2.24, 2.45) is 0 Å². The normalized spacial score (nSPS) is 9.78. The van der Waals surface area contributed by atoms with Crippen LogP contribution in [-0.2, 0) is 20.1 Å². The molecule has 0 unspecified atom stereocenters. The van der Waals surface area contributed by atoms with Gasteiger partial charge in [-0.25, -0.2) is 0 Å². The molecule has 2 heterocycles. The third-order valence-corrected chi connectivity index (χ3v) is 4.75. The maximum absolute atomic E-state index is 4.35. The number of benzene rings is 3. The average molecular weight is 591 g/mol. The zero-order valence-corrected chi connectivity index (χ0v) is 20.1. The van der Waals surface area contributed by atoms with Gasteiger partial charge in [-0.1, -0.05) is 54.1 Å². The fourth-order valence-electron chi connectivity index (χ4n) is 3.18. The van der Waals surface area contributed by atoms with Crippen molar-refractivity contribution >= 4 is 0 Å². The van der Waals surface area contributed by atoms with Gasteiger partial charge in [0.25, 0.3) is 0 Å². The molecule has 32 heavy (non-hydrogen) atoms. The van der Waals surface area contributed by atoms with E-state index in [1.165, 1.54) is 16.7 Å². The number of rotatable bonds is 3. The second-order valence-corrected chi connectivity index (χ2v) is 7.07. The molecule has 0 N–H and O–H groups in total. The zero-order chi connectivity index (χ0) is 21.3. The van der Waals surface area contributed by atoms with Crippen LogP contribution in [0.1, 0.15) is 5.56 Å². The summed E-state index contributed by atoms with van der Waals surface area (Å²) in [6.07, 6.45) is 3.63. The van der Waals surface area contributed by atoms with E-state index in [1.807, 2.05) is 79.0 Å². The second-order valence-electron chi connectivity index (χ2n) is 7.07. The summed E-state index contributed by atoms with van der Waals surface area (Å²) >= 11 is 0. The molecular weight excluding hydrogens is 569 g/mol. The fraction of sp³-hybridized carbons (Fsp3) is 0.0345. The molecule has 0 atom stereocenters. The van der Waals surface area contributed by atoms with Crippen molar-refractivity contribution in [1.29, 1.82) is 0 Å². The molecule has 0 bridgehead atoms. The van der Waals surface area contributed by atoms with Crippen LogP contribution in [-0.4, -0.2) is 9.97 Å². The van der Waals surface area contributed by atoms with Crippen LogP contribution < -0.4 is 0 Å². The summed E-state index contributed by atoms with van der Waals surface area (Å²) < 4.78 is 0. The molecular formula is C29H22IrN2-2. The Morgan fingerprint density at radius 1 is 0.562 bits per heavy atom. The molecule has 0 amide bonds. The summed E-state index contributed by atoms with van der Waals surface area (Å²) in [7, 11) is 0. The molecule has 1 radical (unpaired) electrons. The number of pyridine rings is 2. The monoisotopic (exact) mass is 591 g/mol. The molecule has 0 aliphatic carbocycles. The smallest absolute Gasteiger partial charge is 0.0163 e. The Kier molecular flexibility index (Phi) is 8.62. The van der Waals surface area contributed by atoms with Gasteiger partial charge >= 0.3 is 0 Å². The van der Waals surface area contributed by atoms with Crippen molar-refractivity contribution in [2.75, 3.05) is 0 Å². The van der Waals surface area contributed by atoms with E-state index < -0.39 is 0 Å². The Hall–Kier alpha value is -3.39. The van der Waals surface area contributed by atoms with Crippen molar-refractivity contribution in [3.05, 3.63) is 133 Å². The molecule has 0 aliphatic rings. The third-order valence-electron chi connectivity index (χ3n) is 4.75. The van der Waals surface area contributed by atoms with Crippen molar-refractivity contribution in [3.8, 4) is 33.6 Å². The molecule has 3 aromatic carbocycles. The van der Waals surface area contributed by atoms with Gasteiger partial charge in [0, 0.05) is 32.5 Å². The Balaban J connectivity index is 0.000000184. The first-order valence-electron chi connectivity index (χ1n) is 10.2. The molecule has 2 aromatic heterocycles. The maximum atomic E-state index is 4.35. The molecule has 2 nitrogen and oxygen atoms in total. The molecule has 5 aromatic rings. The predicted molar refractivity (Wildman–Crippen MR) is 127 cm³/mol. The first kappa shape index (κ1) is 23.3. The van der Waals surface area contributed by atoms with E-state index in [1.54, 1.807) is 6.20 Å². The van der Waals surface area contributed by atoms with Gasteiger partial charge < -0.3 is 9.97 Å². The van der Waals surface area contributed by atoms with E-state index in [9.17, 15) is 0 Å².